The highest BCUT2D eigenvalue weighted by Crippen LogP contribution is 2.21. The van der Waals surface area contributed by atoms with Crippen LogP contribution >= 0.6 is 12.2 Å². The Morgan fingerprint density at radius 2 is 1.69 bits per heavy atom. The molecule has 2 N–H and O–H groups in total. The third-order valence-corrected chi connectivity index (χ3v) is 4.88. The van der Waals surface area contributed by atoms with Gasteiger partial charge in [0.15, 0.2) is 10.6 Å². The van der Waals surface area contributed by atoms with Crippen LogP contribution in [0, 0.1) is 4.77 Å². The first-order valence-electron chi connectivity index (χ1n) is 9.30. The summed E-state index contributed by atoms with van der Waals surface area (Å²) in [6, 6.07) is 15.4. The van der Waals surface area contributed by atoms with Gasteiger partial charge in [-0.05, 0) is 60.6 Å². The van der Waals surface area contributed by atoms with Crippen molar-refractivity contribution in [1.82, 2.24) is 20.1 Å². The van der Waals surface area contributed by atoms with E-state index in [0.29, 0.717) is 30.1 Å². The molecule has 1 heterocycles. The van der Waals surface area contributed by atoms with Crippen molar-refractivity contribution in [3.05, 3.63) is 58.9 Å². The second-order valence-electron chi connectivity index (χ2n) is 6.43. The highest BCUT2D eigenvalue weighted by atomic mass is 32.1. The van der Waals surface area contributed by atoms with Gasteiger partial charge in [0.1, 0.15) is 11.5 Å². The van der Waals surface area contributed by atoms with Gasteiger partial charge in [-0.2, -0.15) is 5.10 Å². The van der Waals surface area contributed by atoms with Gasteiger partial charge in [-0.3, -0.25) is 14.5 Å². The molecular formula is C21H24N4O3S. The highest BCUT2D eigenvalue weighted by Gasteiger charge is 2.11. The van der Waals surface area contributed by atoms with Crippen LogP contribution < -0.4 is 14.8 Å². The molecule has 0 bridgehead atoms. The number of methoxy groups -OCH3 is 2. The van der Waals surface area contributed by atoms with E-state index >= 15 is 0 Å². The number of aromatic nitrogens is 3. The van der Waals surface area contributed by atoms with Crippen molar-refractivity contribution in [3.8, 4) is 22.9 Å². The van der Waals surface area contributed by atoms with Crippen LogP contribution in [0.4, 0.5) is 0 Å². The van der Waals surface area contributed by atoms with E-state index in [1.165, 1.54) is 0 Å². The van der Waals surface area contributed by atoms with Crippen molar-refractivity contribution in [2.75, 3.05) is 20.8 Å². The van der Waals surface area contributed by atoms with E-state index in [1.807, 2.05) is 53.1 Å². The molecule has 0 saturated carbocycles. The van der Waals surface area contributed by atoms with Crippen LogP contribution in [-0.4, -0.2) is 41.4 Å². The molecule has 0 aliphatic carbocycles. The fourth-order valence-electron chi connectivity index (χ4n) is 2.93. The maximum absolute atomic E-state index is 12.2. The zero-order valence-electron chi connectivity index (χ0n) is 16.5. The molecule has 8 heteroatoms. The molecule has 0 fully saturated rings. The van der Waals surface area contributed by atoms with E-state index in [0.717, 1.165) is 29.0 Å². The van der Waals surface area contributed by atoms with Crippen LogP contribution in [0.2, 0.25) is 0 Å². The molecule has 0 atom stereocenters. The number of benzene rings is 2. The summed E-state index contributed by atoms with van der Waals surface area (Å²) >= 11 is 5.32. The lowest BCUT2D eigenvalue weighted by Gasteiger charge is -2.09. The summed E-state index contributed by atoms with van der Waals surface area (Å²) in [5, 5.41) is 10.1. The van der Waals surface area contributed by atoms with Crippen molar-refractivity contribution < 1.29 is 14.3 Å². The molecule has 29 heavy (non-hydrogen) atoms. The molecule has 2 aromatic carbocycles. The summed E-state index contributed by atoms with van der Waals surface area (Å²) in [6.07, 6.45) is 1.08. The highest BCUT2D eigenvalue weighted by molar-refractivity contribution is 7.71. The maximum atomic E-state index is 12.2. The summed E-state index contributed by atoms with van der Waals surface area (Å²) in [7, 11) is 3.26. The molecule has 0 aliphatic heterocycles. The van der Waals surface area contributed by atoms with Gasteiger partial charge in [-0.15, -0.1) is 0 Å². The SMILES string of the molecule is COc1ccc(CCNC(=O)CCn2c(-c3ccc(OC)cc3)n[nH]c2=S)cc1. The Bertz CT molecular complexity index is 994. The third kappa shape index (κ3) is 5.45. The van der Waals surface area contributed by atoms with Crippen LogP contribution in [0.5, 0.6) is 11.5 Å². The van der Waals surface area contributed by atoms with Gasteiger partial charge >= 0.3 is 0 Å². The molecule has 0 unspecified atom stereocenters. The molecular weight excluding hydrogens is 388 g/mol. The third-order valence-electron chi connectivity index (χ3n) is 4.56. The number of H-pyrrole nitrogens is 1. The Morgan fingerprint density at radius 1 is 1.07 bits per heavy atom. The second kappa shape index (κ2) is 9.88. The maximum Gasteiger partial charge on any atom is 0.221 e. The van der Waals surface area contributed by atoms with E-state index in [4.69, 9.17) is 21.7 Å². The quantitative estimate of drug-likeness (QED) is 0.527. The zero-order valence-corrected chi connectivity index (χ0v) is 17.3. The van der Waals surface area contributed by atoms with Gasteiger partial charge in [0.25, 0.3) is 0 Å². The molecule has 152 valence electrons. The predicted molar refractivity (Wildman–Crippen MR) is 114 cm³/mol. The number of nitrogens with one attached hydrogen (secondary N) is 2. The first-order chi connectivity index (χ1) is 14.1. The molecule has 3 rings (SSSR count). The summed E-state index contributed by atoms with van der Waals surface area (Å²) in [5.74, 6) is 2.26. The fraction of sp³-hybridized carbons (Fsp3) is 0.286. The minimum atomic E-state index is -0.0257. The largest absolute Gasteiger partial charge is 0.497 e. The lowest BCUT2D eigenvalue weighted by atomic mass is 10.1. The molecule has 0 spiro atoms. The van der Waals surface area contributed by atoms with Gasteiger partial charge in [0.05, 0.1) is 14.2 Å². The van der Waals surface area contributed by atoms with Crippen LogP contribution in [0.3, 0.4) is 0 Å². The Labute approximate surface area is 174 Å². The number of carbonyl (C=O) groups excluding carboxylic acids is 1. The molecule has 3 aromatic rings. The minimum Gasteiger partial charge on any atom is -0.497 e. The summed E-state index contributed by atoms with van der Waals surface area (Å²) in [4.78, 5) is 12.2. The van der Waals surface area contributed by atoms with Crippen molar-refractivity contribution in [2.45, 2.75) is 19.4 Å². The first-order valence-corrected chi connectivity index (χ1v) is 9.71. The average Bonchev–Trinajstić information content (AvgIpc) is 3.13. The lowest BCUT2D eigenvalue weighted by molar-refractivity contribution is -0.121. The molecule has 7 nitrogen and oxygen atoms in total. The number of aromatic amines is 1. The van der Waals surface area contributed by atoms with Gasteiger partial charge < -0.3 is 14.8 Å². The van der Waals surface area contributed by atoms with Crippen LogP contribution in [0.15, 0.2) is 48.5 Å². The van der Waals surface area contributed by atoms with E-state index in [-0.39, 0.29) is 5.91 Å². The Kier molecular flexibility index (Phi) is 7.02. The molecule has 0 saturated heterocycles. The number of ether oxygens (including phenoxy) is 2. The Morgan fingerprint density at radius 3 is 2.31 bits per heavy atom. The monoisotopic (exact) mass is 412 g/mol. The van der Waals surface area contributed by atoms with Crippen LogP contribution in [0.1, 0.15) is 12.0 Å². The number of hydrogen-bond donors (Lipinski definition) is 2. The van der Waals surface area contributed by atoms with E-state index in [1.54, 1.807) is 14.2 Å². The van der Waals surface area contributed by atoms with Gasteiger partial charge in [-0.25, -0.2) is 0 Å². The number of rotatable bonds is 9. The second-order valence-corrected chi connectivity index (χ2v) is 6.82. The number of carbonyl (C=O) groups is 1. The lowest BCUT2D eigenvalue weighted by Crippen LogP contribution is -2.26. The first kappa shape index (κ1) is 20.6. The van der Waals surface area contributed by atoms with Crippen molar-refractivity contribution in [1.29, 1.82) is 0 Å². The average molecular weight is 413 g/mol. The minimum absolute atomic E-state index is 0.0257. The number of nitrogens with zero attached hydrogens (tertiary/aromatic N) is 2. The summed E-state index contributed by atoms with van der Waals surface area (Å²) < 4.78 is 12.7. The predicted octanol–water partition coefficient (Wildman–Crippen LogP) is 3.37. The van der Waals surface area contributed by atoms with E-state index in [2.05, 4.69) is 15.5 Å². The molecule has 1 amide bonds. The fourth-order valence-corrected chi connectivity index (χ4v) is 3.15. The summed E-state index contributed by atoms with van der Waals surface area (Å²) in [5.41, 5.74) is 2.04. The van der Waals surface area contributed by atoms with Gasteiger partial charge in [-0.1, -0.05) is 12.1 Å². The topological polar surface area (TPSA) is 81.2 Å². The standard InChI is InChI=1S/C21H24N4O3S/c1-27-17-7-3-15(4-8-17)11-13-22-19(26)12-14-25-20(23-24-21(25)29)16-5-9-18(28-2)10-6-16/h3-10H,11-14H2,1-2H3,(H,22,26)(H,24,29). The van der Waals surface area contributed by atoms with Crippen molar-refractivity contribution in [3.63, 3.8) is 0 Å². The zero-order chi connectivity index (χ0) is 20.6. The molecule has 1 aromatic heterocycles. The van der Waals surface area contributed by atoms with E-state index < -0.39 is 0 Å². The van der Waals surface area contributed by atoms with Crippen molar-refractivity contribution in [2.24, 2.45) is 0 Å². The normalized spacial score (nSPS) is 10.6. The van der Waals surface area contributed by atoms with Gasteiger partial charge in [0.2, 0.25) is 5.91 Å². The molecule has 0 aliphatic rings. The number of amides is 1. The Hall–Kier alpha value is -3.13. The van der Waals surface area contributed by atoms with E-state index in [9.17, 15) is 4.79 Å². The smallest absolute Gasteiger partial charge is 0.221 e. The van der Waals surface area contributed by atoms with Gasteiger partial charge in [0, 0.05) is 25.1 Å². The number of hydrogen-bond acceptors (Lipinski definition) is 5. The Balaban J connectivity index is 1.53. The molecule has 0 radical (unpaired) electrons. The van der Waals surface area contributed by atoms with Crippen LogP contribution in [-0.2, 0) is 17.8 Å². The summed E-state index contributed by atoms with van der Waals surface area (Å²) in [6.45, 7) is 1.03. The van der Waals surface area contributed by atoms with Crippen LogP contribution in [0.25, 0.3) is 11.4 Å². The van der Waals surface area contributed by atoms with Crippen molar-refractivity contribution >= 4 is 18.1 Å².